The van der Waals surface area contributed by atoms with E-state index in [0.29, 0.717) is 18.2 Å². The van der Waals surface area contributed by atoms with E-state index in [1.165, 1.54) is 17.6 Å². The molecule has 0 saturated heterocycles. The quantitative estimate of drug-likeness (QED) is 0.505. The summed E-state index contributed by atoms with van der Waals surface area (Å²) in [5, 5.41) is 7.83. The van der Waals surface area contributed by atoms with Crippen LogP contribution in [0.3, 0.4) is 0 Å². The van der Waals surface area contributed by atoms with Gasteiger partial charge in [-0.1, -0.05) is 26.0 Å². The minimum absolute atomic E-state index is 0.236. The van der Waals surface area contributed by atoms with Crippen LogP contribution in [0.4, 0.5) is 0 Å². The standard InChI is InChI=1S/C22H25N3O4S/c1-14(2)16-7-6-15(3)11-19(16)29-12-20-25-17(13-30-20)21(26)23-8-9-24-22(27)18-5-4-10-28-18/h4-7,10-11,13-14H,8-9,12H2,1-3H3,(H,23,26)(H,24,27). The zero-order valence-corrected chi connectivity index (χ0v) is 18.0. The zero-order chi connectivity index (χ0) is 21.5. The Kier molecular flexibility index (Phi) is 7.24. The molecule has 0 aliphatic heterocycles. The van der Waals surface area contributed by atoms with Gasteiger partial charge in [0.25, 0.3) is 11.8 Å². The van der Waals surface area contributed by atoms with Gasteiger partial charge in [-0.15, -0.1) is 11.3 Å². The van der Waals surface area contributed by atoms with Crippen molar-refractivity contribution in [3.8, 4) is 5.75 Å². The molecular weight excluding hydrogens is 402 g/mol. The lowest BCUT2D eigenvalue weighted by Crippen LogP contribution is -2.34. The van der Waals surface area contributed by atoms with E-state index in [2.05, 4.69) is 41.6 Å². The van der Waals surface area contributed by atoms with E-state index in [4.69, 9.17) is 9.15 Å². The van der Waals surface area contributed by atoms with Gasteiger partial charge in [0.15, 0.2) is 5.76 Å². The fourth-order valence-corrected chi connectivity index (χ4v) is 3.49. The van der Waals surface area contributed by atoms with Gasteiger partial charge in [0.05, 0.1) is 6.26 Å². The van der Waals surface area contributed by atoms with Gasteiger partial charge in [-0.3, -0.25) is 9.59 Å². The van der Waals surface area contributed by atoms with Crippen molar-refractivity contribution in [1.82, 2.24) is 15.6 Å². The molecule has 158 valence electrons. The van der Waals surface area contributed by atoms with Crippen molar-refractivity contribution in [1.29, 1.82) is 0 Å². The minimum Gasteiger partial charge on any atom is -0.486 e. The molecule has 7 nitrogen and oxygen atoms in total. The van der Waals surface area contributed by atoms with Crippen LogP contribution in [0.15, 0.2) is 46.4 Å². The number of aromatic nitrogens is 1. The lowest BCUT2D eigenvalue weighted by atomic mass is 10.0. The molecule has 8 heteroatoms. The van der Waals surface area contributed by atoms with Gasteiger partial charge in [-0.05, 0) is 42.2 Å². The van der Waals surface area contributed by atoms with Crippen molar-refractivity contribution in [3.63, 3.8) is 0 Å². The maximum absolute atomic E-state index is 12.3. The molecule has 0 atom stereocenters. The Labute approximate surface area is 179 Å². The number of thiazole rings is 1. The van der Waals surface area contributed by atoms with E-state index in [9.17, 15) is 9.59 Å². The van der Waals surface area contributed by atoms with Crippen LogP contribution in [0, 0.1) is 6.92 Å². The molecule has 0 unspecified atom stereocenters. The predicted molar refractivity (Wildman–Crippen MR) is 115 cm³/mol. The summed E-state index contributed by atoms with van der Waals surface area (Å²) in [7, 11) is 0. The van der Waals surface area contributed by atoms with Gasteiger partial charge in [0.2, 0.25) is 0 Å². The molecule has 2 aromatic heterocycles. The number of amides is 2. The fourth-order valence-electron chi connectivity index (χ4n) is 2.80. The van der Waals surface area contributed by atoms with Crippen molar-refractivity contribution in [2.24, 2.45) is 0 Å². The van der Waals surface area contributed by atoms with Gasteiger partial charge in [0, 0.05) is 18.5 Å². The number of carbonyl (C=O) groups is 2. The van der Waals surface area contributed by atoms with Crippen molar-refractivity contribution in [2.45, 2.75) is 33.3 Å². The van der Waals surface area contributed by atoms with Gasteiger partial charge < -0.3 is 19.8 Å². The van der Waals surface area contributed by atoms with E-state index >= 15 is 0 Å². The summed E-state index contributed by atoms with van der Waals surface area (Å²) in [6, 6.07) is 9.40. The van der Waals surface area contributed by atoms with Crippen molar-refractivity contribution in [3.05, 3.63) is 69.6 Å². The molecule has 0 bridgehead atoms. The lowest BCUT2D eigenvalue weighted by molar-refractivity contribution is 0.0909. The van der Waals surface area contributed by atoms with Crippen LogP contribution in [0.5, 0.6) is 5.75 Å². The SMILES string of the molecule is Cc1ccc(C(C)C)c(OCc2nc(C(=O)NCCNC(=O)c3ccco3)cs2)c1. The zero-order valence-electron chi connectivity index (χ0n) is 17.2. The Balaban J connectivity index is 1.47. The van der Waals surface area contributed by atoms with Crippen LogP contribution in [-0.4, -0.2) is 29.9 Å². The Hall–Kier alpha value is -3.13. The second kappa shape index (κ2) is 10.1. The van der Waals surface area contributed by atoms with Crippen LogP contribution < -0.4 is 15.4 Å². The van der Waals surface area contributed by atoms with E-state index in [1.807, 2.05) is 13.0 Å². The van der Waals surface area contributed by atoms with Gasteiger partial charge in [0.1, 0.15) is 23.1 Å². The molecule has 2 N–H and O–H groups in total. The molecule has 2 amide bonds. The number of nitrogens with zero attached hydrogens (tertiary/aromatic N) is 1. The topological polar surface area (TPSA) is 93.5 Å². The fraction of sp³-hybridized carbons (Fsp3) is 0.318. The molecule has 3 aromatic rings. The third-order valence-corrected chi connectivity index (χ3v) is 5.19. The van der Waals surface area contributed by atoms with Crippen LogP contribution in [0.2, 0.25) is 0 Å². The average Bonchev–Trinajstić information content (AvgIpc) is 3.41. The molecule has 0 spiro atoms. The first-order chi connectivity index (χ1) is 14.4. The summed E-state index contributed by atoms with van der Waals surface area (Å²) >= 11 is 1.38. The smallest absolute Gasteiger partial charge is 0.287 e. The maximum Gasteiger partial charge on any atom is 0.287 e. The molecule has 0 radical (unpaired) electrons. The van der Waals surface area contributed by atoms with E-state index < -0.39 is 0 Å². The lowest BCUT2D eigenvalue weighted by Gasteiger charge is -2.14. The predicted octanol–water partition coefficient (Wildman–Crippen LogP) is 3.91. The highest BCUT2D eigenvalue weighted by Crippen LogP contribution is 2.28. The number of furan rings is 1. The molecule has 2 heterocycles. The number of nitrogens with one attached hydrogen (secondary N) is 2. The van der Waals surface area contributed by atoms with Gasteiger partial charge in [-0.25, -0.2) is 4.98 Å². The Morgan fingerprint density at radius 2 is 1.93 bits per heavy atom. The maximum atomic E-state index is 12.3. The van der Waals surface area contributed by atoms with Crippen LogP contribution in [0.25, 0.3) is 0 Å². The average molecular weight is 428 g/mol. The number of aryl methyl sites for hydroxylation is 1. The Morgan fingerprint density at radius 1 is 1.17 bits per heavy atom. The third kappa shape index (κ3) is 5.70. The summed E-state index contributed by atoms with van der Waals surface area (Å²) in [5.41, 5.74) is 2.61. The van der Waals surface area contributed by atoms with Gasteiger partial charge in [-0.2, -0.15) is 0 Å². The molecule has 0 aliphatic carbocycles. The van der Waals surface area contributed by atoms with E-state index in [0.717, 1.165) is 21.9 Å². The number of rotatable bonds is 9. The third-order valence-electron chi connectivity index (χ3n) is 4.37. The normalized spacial score (nSPS) is 10.8. The summed E-state index contributed by atoms with van der Waals surface area (Å²) in [6.45, 7) is 7.16. The highest BCUT2D eigenvalue weighted by Gasteiger charge is 2.13. The van der Waals surface area contributed by atoms with Crippen LogP contribution in [-0.2, 0) is 6.61 Å². The van der Waals surface area contributed by atoms with Crippen LogP contribution >= 0.6 is 11.3 Å². The second-order valence-electron chi connectivity index (χ2n) is 7.10. The Bertz CT molecular complexity index is 996. The van der Waals surface area contributed by atoms with E-state index in [-0.39, 0.29) is 30.7 Å². The highest BCUT2D eigenvalue weighted by molar-refractivity contribution is 7.09. The summed E-state index contributed by atoms with van der Waals surface area (Å²) in [4.78, 5) is 28.4. The first-order valence-electron chi connectivity index (χ1n) is 9.71. The molecular formula is C22H25N3O4S. The molecule has 1 aromatic carbocycles. The van der Waals surface area contributed by atoms with E-state index in [1.54, 1.807) is 17.5 Å². The number of carbonyl (C=O) groups excluding carboxylic acids is 2. The van der Waals surface area contributed by atoms with Gasteiger partial charge >= 0.3 is 0 Å². The highest BCUT2D eigenvalue weighted by atomic mass is 32.1. The summed E-state index contributed by atoms with van der Waals surface area (Å²) in [5.74, 6) is 0.826. The van der Waals surface area contributed by atoms with Crippen molar-refractivity contribution < 1.29 is 18.7 Å². The molecule has 0 aliphatic rings. The molecule has 30 heavy (non-hydrogen) atoms. The summed E-state index contributed by atoms with van der Waals surface area (Å²) in [6.07, 6.45) is 1.43. The monoisotopic (exact) mass is 427 g/mol. The summed E-state index contributed by atoms with van der Waals surface area (Å²) < 4.78 is 11.0. The number of ether oxygens (including phenoxy) is 1. The van der Waals surface area contributed by atoms with Crippen molar-refractivity contribution >= 4 is 23.2 Å². The first-order valence-corrected chi connectivity index (χ1v) is 10.6. The molecule has 3 rings (SSSR count). The Morgan fingerprint density at radius 3 is 2.63 bits per heavy atom. The van der Waals surface area contributed by atoms with Crippen molar-refractivity contribution in [2.75, 3.05) is 13.1 Å². The first kappa shape index (κ1) is 21.6. The number of hydrogen-bond acceptors (Lipinski definition) is 6. The number of benzene rings is 1. The molecule has 0 fully saturated rings. The number of hydrogen-bond donors (Lipinski definition) is 2. The largest absolute Gasteiger partial charge is 0.486 e. The molecule has 0 saturated carbocycles. The minimum atomic E-state index is -0.320. The van der Waals surface area contributed by atoms with Crippen LogP contribution in [0.1, 0.15) is 56.9 Å². The second-order valence-corrected chi connectivity index (χ2v) is 8.04.